The third-order valence-corrected chi connectivity index (χ3v) is 2.25. The van der Waals surface area contributed by atoms with Gasteiger partial charge in [-0.2, -0.15) is 4.80 Å². The highest BCUT2D eigenvalue weighted by molar-refractivity contribution is 5.55. The van der Waals surface area contributed by atoms with Crippen LogP contribution < -0.4 is 5.73 Å². The number of aromatic amines is 1. The number of aromatic nitrogens is 5. The van der Waals surface area contributed by atoms with Gasteiger partial charge in [-0.3, -0.25) is 0 Å². The number of nitrogens with two attached hydrogens (primary N) is 1. The first-order chi connectivity index (χ1) is 7.74. The summed E-state index contributed by atoms with van der Waals surface area (Å²) in [5.74, 6) is 0.519. The van der Waals surface area contributed by atoms with Crippen molar-refractivity contribution >= 4 is 0 Å². The summed E-state index contributed by atoms with van der Waals surface area (Å²) < 4.78 is 0. The Balaban J connectivity index is 2.30. The van der Waals surface area contributed by atoms with Crippen LogP contribution in [0.15, 0.2) is 6.07 Å². The van der Waals surface area contributed by atoms with Crippen LogP contribution in [0.1, 0.15) is 11.3 Å². The molecule has 2 aromatic heterocycles. The molecule has 0 spiro atoms. The lowest BCUT2D eigenvalue weighted by Gasteiger charge is -1.93. The smallest absolute Gasteiger partial charge is 0.221 e. The number of H-pyrrole nitrogens is 1. The molecule has 2 aromatic rings. The third kappa shape index (κ3) is 1.95. The van der Waals surface area contributed by atoms with Crippen LogP contribution in [-0.2, 0) is 13.2 Å². The first-order valence-electron chi connectivity index (χ1n) is 5.02. The first-order valence-corrected chi connectivity index (χ1v) is 5.02. The predicted molar refractivity (Wildman–Crippen MR) is 57.3 cm³/mol. The van der Waals surface area contributed by atoms with Crippen LogP contribution in [0.25, 0.3) is 11.5 Å². The summed E-state index contributed by atoms with van der Waals surface area (Å²) in [5, 5.41) is 21.0. The zero-order valence-electron chi connectivity index (χ0n) is 9.01. The molecule has 0 aliphatic rings. The Morgan fingerprint density at radius 1 is 1.56 bits per heavy atom. The summed E-state index contributed by atoms with van der Waals surface area (Å²) in [6.07, 6.45) is 0. The number of nitrogens with zero attached hydrogens (tertiary/aromatic N) is 4. The Bertz CT molecular complexity index is 474. The molecule has 0 bridgehead atoms. The van der Waals surface area contributed by atoms with Crippen LogP contribution in [-0.4, -0.2) is 36.8 Å². The molecular formula is C9H14N6O. The van der Waals surface area contributed by atoms with Gasteiger partial charge in [-0.05, 0) is 23.8 Å². The summed E-state index contributed by atoms with van der Waals surface area (Å²) in [6.45, 7) is 2.91. The second kappa shape index (κ2) is 4.42. The van der Waals surface area contributed by atoms with Gasteiger partial charge in [0.25, 0.3) is 0 Å². The van der Waals surface area contributed by atoms with E-state index in [9.17, 15) is 0 Å². The van der Waals surface area contributed by atoms with E-state index in [4.69, 9.17) is 10.8 Å². The van der Waals surface area contributed by atoms with Gasteiger partial charge in [0.1, 0.15) is 0 Å². The zero-order chi connectivity index (χ0) is 11.5. The van der Waals surface area contributed by atoms with Crippen molar-refractivity contribution < 1.29 is 5.11 Å². The quantitative estimate of drug-likeness (QED) is 0.642. The van der Waals surface area contributed by atoms with E-state index in [-0.39, 0.29) is 6.61 Å². The molecule has 0 aliphatic carbocycles. The van der Waals surface area contributed by atoms with E-state index >= 15 is 0 Å². The number of rotatable bonds is 4. The number of nitrogens with one attached hydrogen (secondary N) is 1. The van der Waals surface area contributed by atoms with Gasteiger partial charge in [0.2, 0.25) is 5.82 Å². The highest BCUT2D eigenvalue weighted by Gasteiger charge is 2.11. The van der Waals surface area contributed by atoms with E-state index in [2.05, 4.69) is 20.4 Å². The number of aliphatic hydroxyl groups excluding tert-OH is 1. The van der Waals surface area contributed by atoms with E-state index in [1.54, 1.807) is 0 Å². The third-order valence-electron chi connectivity index (χ3n) is 2.25. The molecule has 0 aromatic carbocycles. The van der Waals surface area contributed by atoms with Crippen molar-refractivity contribution in [3.8, 4) is 11.5 Å². The van der Waals surface area contributed by atoms with Gasteiger partial charge < -0.3 is 15.8 Å². The number of aryl methyl sites for hydroxylation is 1. The molecule has 0 saturated heterocycles. The summed E-state index contributed by atoms with van der Waals surface area (Å²) in [5.41, 5.74) is 7.90. The number of aliphatic hydroxyl groups is 1. The number of tetrazole rings is 1. The van der Waals surface area contributed by atoms with Gasteiger partial charge in [-0.25, -0.2) is 0 Å². The molecule has 4 N–H and O–H groups in total. The Labute approximate surface area is 92.3 Å². The molecule has 0 amide bonds. The first kappa shape index (κ1) is 10.8. The average Bonchev–Trinajstić information content (AvgIpc) is 2.85. The monoisotopic (exact) mass is 222 g/mol. The molecule has 7 nitrogen and oxygen atoms in total. The maximum absolute atomic E-state index is 9.00. The Hall–Kier alpha value is -1.73. The largest absolute Gasteiger partial charge is 0.390 e. The fourth-order valence-corrected chi connectivity index (χ4v) is 1.50. The van der Waals surface area contributed by atoms with Crippen LogP contribution in [0.5, 0.6) is 0 Å². The van der Waals surface area contributed by atoms with E-state index in [0.29, 0.717) is 18.9 Å². The van der Waals surface area contributed by atoms with Gasteiger partial charge in [-0.1, -0.05) is 0 Å². The van der Waals surface area contributed by atoms with Gasteiger partial charge >= 0.3 is 0 Å². The molecule has 16 heavy (non-hydrogen) atoms. The van der Waals surface area contributed by atoms with Crippen LogP contribution in [0, 0.1) is 6.92 Å². The second-order valence-electron chi connectivity index (χ2n) is 3.51. The summed E-state index contributed by atoms with van der Waals surface area (Å²) in [7, 11) is 0. The highest BCUT2D eigenvalue weighted by Crippen LogP contribution is 2.18. The van der Waals surface area contributed by atoms with Gasteiger partial charge in [0, 0.05) is 12.2 Å². The molecule has 7 heteroatoms. The lowest BCUT2D eigenvalue weighted by Crippen LogP contribution is -2.12. The normalized spacial score (nSPS) is 10.9. The van der Waals surface area contributed by atoms with Gasteiger partial charge in [0.05, 0.1) is 18.8 Å². The molecule has 0 atom stereocenters. The topological polar surface area (TPSA) is 106 Å². The average molecular weight is 222 g/mol. The SMILES string of the molecule is Cc1cc(CO)[nH]c1-c1nnn(CCN)n1. The van der Waals surface area contributed by atoms with Crippen LogP contribution in [0.4, 0.5) is 0 Å². The fraction of sp³-hybridized carbons (Fsp3) is 0.444. The summed E-state index contributed by atoms with van der Waals surface area (Å²) in [4.78, 5) is 4.50. The molecule has 0 aliphatic heterocycles. The van der Waals surface area contributed by atoms with Crippen LogP contribution in [0.3, 0.4) is 0 Å². The van der Waals surface area contributed by atoms with Gasteiger partial charge in [-0.15, -0.1) is 10.2 Å². The lowest BCUT2D eigenvalue weighted by atomic mass is 10.2. The fourth-order valence-electron chi connectivity index (χ4n) is 1.50. The van der Waals surface area contributed by atoms with Crippen molar-refractivity contribution in [3.05, 3.63) is 17.3 Å². The summed E-state index contributed by atoms with van der Waals surface area (Å²) >= 11 is 0. The van der Waals surface area contributed by atoms with E-state index < -0.39 is 0 Å². The maximum Gasteiger partial charge on any atom is 0.221 e. The van der Waals surface area contributed by atoms with Crippen molar-refractivity contribution in [1.29, 1.82) is 0 Å². The molecule has 0 unspecified atom stereocenters. The number of hydrogen-bond acceptors (Lipinski definition) is 5. The minimum Gasteiger partial charge on any atom is -0.390 e. The molecular weight excluding hydrogens is 208 g/mol. The Morgan fingerprint density at radius 3 is 3.00 bits per heavy atom. The molecule has 0 radical (unpaired) electrons. The van der Waals surface area contributed by atoms with E-state index in [1.165, 1.54) is 4.80 Å². The lowest BCUT2D eigenvalue weighted by molar-refractivity contribution is 0.277. The van der Waals surface area contributed by atoms with Crippen LogP contribution in [0.2, 0.25) is 0 Å². The molecule has 0 saturated carbocycles. The summed E-state index contributed by atoms with van der Waals surface area (Å²) in [6, 6.07) is 1.86. The van der Waals surface area contributed by atoms with Crippen molar-refractivity contribution in [2.24, 2.45) is 5.73 Å². The molecule has 2 rings (SSSR count). The second-order valence-corrected chi connectivity index (χ2v) is 3.51. The van der Waals surface area contributed by atoms with Crippen molar-refractivity contribution in [2.75, 3.05) is 6.54 Å². The van der Waals surface area contributed by atoms with Crippen molar-refractivity contribution in [3.63, 3.8) is 0 Å². The molecule has 2 heterocycles. The molecule has 0 fully saturated rings. The van der Waals surface area contributed by atoms with Crippen molar-refractivity contribution in [1.82, 2.24) is 25.2 Å². The molecule has 86 valence electrons. The predicted octanol–water partition coefficient (Wildman–Crippen LogP) is -0.572. The van der Waals surface area contributed by atoms with E-state index in [1.807, 2.05) is 13.0 Å². The minimum atomic E-state index is -0.0300. The highest BCUT2D eigenvalue weighted by atomic mass is 16.3. The standard InChI is InChI=1S/C9H14N6O/c1-6-4-7(5-16)11-8(6)9-12-14-15(13-9)3-2-10/h4,11,16H,2-3,5,10H2,1H3. The van der Waals surface area contributed by atoms with Gasteiger partial charge in [0.15, 0.2) is 0 Å². The Kier molecular flexibility index (Phi) is 2.97. The maximum atomic E-state index is 9.00. The van der Waals surface area contributed by atoms with Crippen LogP contribution >= 0.6 is 0 Å². The van der Waals surface area contributed by atoms with Crippen molar-refractivity contribution in [2.45, 2.75) is 20.1 Å². The Morgan fingerprint density at radius 2 is 2.38 bits per heavy atom. The minimum absolute atomic E-state index is 0.0300. The number of hydrogen-bond donors (Lipinski definition) is 3. The zero-order valence-corrected chi connectivity index (χ0v) is 9.01. The van der Waals surface area contributed by atoms with E-state index in [0.717, 1.165) is 17.0 Å².